The number of hydrogen-bond donors (Lipinski definition) is 3. The minimum absolute atomic E-state index is 0.103. The highest BCUT2D eigenvalue weighted by Gasteiger charge is 2.18. The van der Waals surface area contributed by atoms with Gasteiger partial charge < -0.3 is 15.7 Å². The van der Waals surface area contributed by atoms with Gasteiger partial charge in [-0.3, -0.25) is 4.79 Å². The van der Waals surface area contributed by atoms with Gasteiger partial charge in [0.25, 0.3) is 0 Å². The van der Waals surface area contributed by atoms with Gasteiger partial charge in [-0.1, -0.05) is 0 Å². The number of nitrogens with one attached hydrogen (secondary N) is 2. The Morgan fingerprint density at radius 3 is 2.25 bits per heavy atom. The number of carbonyl (C=O) groups is 2. The maximum atomic E-state index is 11.7. The molecule has 90 valence electrons. The SMILES string of the molecule is CC(C(=O)O)=C(C)C(=O)NC1CCNCC1. The van der Waals surface area contributed by atoms with Crippen LogP contribution in [0.5, 0.6) is 0 Å². The Labute approximate surface area is 94.9 Å². The van der Waals surface area contributed by atoms with Crippen molar-refractivity contribution < 1.29 is 14.7 Å². The van der Waals surface area contributed by atoms with Gasteiger partial charge in [-0.15, -0.1) is 0 Å². The lowest BCUT2D eigenvalue weighted by Gasteiger charge is -2.23. The zero-order chi connectivity index (χ0) is 12.1. The minimum Gasteiger partial charge on any atom is -0.478 e. The van der Waals surface area contributed by atoms with E-state index in [0.717, 1.165) is 25.9 Å². The summed E-state index contributed by atoms with van der Waals surface area (Å²) in [7, 11) is 0. The van der Waals surface area contributed by atoms with E-state index in [1.54, 1.807) is 6.92 Å². The van der Waals surface area contributed by atoms with Crippen molar-refractivity contribution in [3.05, 3.63) is 11.1 Å². The monoisotopic (exact) mass is 226 g/mol. The Kier molecular flexibility index (Phi) is 4.49. The number of piperidine rings is 1. The van der Waals surface area contributed by atoms with Crippen molar-refractivity contribution in [1.82, 2.24) is 10.6 Å². The van der Waals surface area contributed by atoms with E-state index in [-0.39, 0.29) is 23.1 Å². The molecule has 5 nitrogen and oxygen atoms in total. The fourth-order valence-corrected chi connectivity index (χ4v) is 1.59. The van der Waals surface area contributed by atoms with E-state index in [1.165, 1.54) is 6.92 Å². The molecule has 0 atom stereocenters. The number of hydrogen-bond acceptors (Lipinski definition) is 3. The smallest absolute Gasteiger partial charge is 0.331 e. The van der Waals surface area contributed by atoms with Gasteiger partial charge in [-0.2, -0.15) is 0 Å². The molecule has 5 heteroatoms. The standard InChI is InChI=1S/C11H18N2O3/c1-7(8(2)11(15)16)10(14)13-9-3-5-12-6-4-9/h9,12H,3-6H2,1-2H3,(H,13,14)(H,15,16). The summed E-state index contributed by atoms with van der Waals surface area (Å²) in [5.41, 5.74) is 0.387. The molecule has 1 heterocycles. The lowest BCUT2D eigenvalue weighted by atomic mass is 10.1. The molecule has 1 aliphatic rings. The average molecular weight is 226 g/mol. The van der Waals surface area contributed by atoms with E-state index in [9.17, 15) is 9.59 Å². The van der Waals surface area contributed by atoms with Gasteiger partial charge in [0.1, 0.15) is 0 Å². The maximum Gasteiger partial charge on any atom is 0.331 e. The largest absolute Gasteiger partial charge is 0.478 e. The second kappa shape index (κ2) is 5.65. The predicted octanol–water partition coefficient (Wildman–Crippen LogP) is 0.276. The Morgan fingerprint density at radius 1 is 1.19 bits per heavy atom. The molecular weight excluding hydrogens is 208 g/mol. The van der Waals surface area contributed by atoms with Crippen LogP contribution in [-0.2, 0) is 9.59 Å². The first-order valence-corrected chi connectivity index (χ1v) is 5.44. The summed E-state index contributed by atoms with van der Waals surface area (Å²) in [5, 5.41) is 14.8. The first-order valence-electron chi connectivity index (χ1n) is 5.44. The molecular formula is C11H18N2O3. The van der Waals surface area contributed by atoms with E-state index >= 15 is 0 Å². The van der Waals surface area contributed by atoms with Gasteiger partial charge in [0.2, 0.25) is 5.91 Å². The Bertz CT molecular complexity index is 317. The van der Waals surface area contributed by atoms with Crippen LogP contribution in [0.2, 0.25) is 0 Å². The van der Waals surface area contributed by atoms with Crippen LogP contribution in [0.1, 0.15) is 26.7 Å². The third-order valence-electron chi connectivity index (χ3n) is 2.90. The normalized spacial score (nSPS) is 18.9. The molecule has 0 aromatic heterocycles. The highest BCUT2D eigenvalue weighted by atomic mass is 16.4. The van der Waals surface area contributed by atoms with Crippen molar-refractivity contribution in [2.45, 2.75) is 32.7 Å². The molecule has 1 aliphatic heterocycles. The van der Waals surface area contributed by atoms with Crippen LogP contribution in [0.25, 0.3) is 0 Å². The highest BCUT2D eigenvalue weighted by Crippen LogP contribution is 2.07. The fourth-order valence-electron chi connectivity index (χ4n) is 1.59. The first kappa shape index (κ1) is 12.7. The summed E-state index contributed by atoms with van der Waals surface area (Å²) in [6.45, 7) is 4.77. The molecule has 1 saturated heterocycles. The average Bonchev–Trinajstić information content (AvgIpc) is 2.28. The van der Waals surface area contributed by atoms with Crippen molar-refractivity contribution in [2.75, 3.05) is 13.1 Å². The number of carboxylic acid groups (broad SMARTS) is 1. The molecule has 0 aromatic carbocycles. The molecule has 0 bridgehead atoms. The van der Waals surface area contributed by atoms with Crippen LogP contribution in [0.4, 0.5) is 0 Å². The molecule has 0 aliphatic carbocycles. The summed E-state index contributed by atoms with van der Waals surface area (Å²) in [4.78, 5) is 22.4. The topological polar surface area (TPSA) is 78.4 Å². The van der Waals surface area contributed by atoms with Crippen molar-refractivity contribution in [3.63, 3.8) is 0 Å². The molecule has 0 saturated carbocycles. The number of rotatable bonds is 3. The Morgan fingerprint density at radius 2 is 1.75 bits per heavy atom. The fraction of sp³-hybridized carbons (Fsp3) is 0.636. The van der Waals surface area contributed by atoms with Crippen LogP contribution in [-0.4, -0.2) is 36.1 Å². The number of carbonyl (C=O) groups excluding carboxylic acids is 1. The third kappa shape index (κ3) is 3.34. The van der Waals surface area contributed by atoms with Crippen molar-refractivity contribution >= 4 is 11.9 Å². The zero-order valence-corrected chi connectivity index (χ0v) is 9.67. The van der Waals surface area contributed by atoms with Crippen LogP contribution in [0.3, 0.4) is 0 Å². The summed E-state index contributed by atoms with van der Waals surface area (Å²) in [5.74, 6) is -1.32. The summed E-state index contributed by atoms with van der Waals surface area (Å²) >= 11 is 0. The zero-order valence-electron chi connectivity index (χ0n) is 9.67. The Hall–Kier alpha value is -1.36. The summed E-state index contributed by atoms with van der Waals surface area (Å²) < 4.78 is 0. The number of amides is 1. The highest BCUT2D eigenvalue weighted by molar-refractivity contribution is 6.01. The van der Waals surface area contributed by atoms with E-state index in [2.05, 4.69) is 10.6 Å². The van der Waals surface area contributed by atoms with Crippen molar-refractivity contribution in [1.29, 1.82) is 0 Å². The molecule has 1 fully saturated rings. The summed E-state index contributed by atoms with van der Waals surface area (Å²) in [6.07, 6.45) is 1.79. The number of aliphatic carboxylic acids is 1. The quantitative estimate of drug-likeness (QED) is 0.604. The van der Waals surface area contributed by atoms with Crippen LogP contribution in [0, 0.1) is 0 Å². The van der Waals surface area contributed by atoms with Crippen molar-refractivity contribution in [2.24, 2.45) is 0 Å². The van der Waals surface area contributed by atoms with Crippen LogP contribution < -0.4 is 10.6 Å². The van der Waals surface area contributed by atoms with Gasteiger partial charge >= 0.3 is 5.97 Å². The minimum atomic E-state index is -1.04. The van der Waals surface area contributed by atoms with Crippen LogP contribution in [0.15, 0.2) is 11.1 Å². The molecule has 0 spiro atoms. The van der Waals surface area contributed by atoms with E-state index < -0.39 is 5.97 Å². The van der Waals surface area contributed by atoms with E-state index in [0.29, 0.717) is 0 Å². The lowest BCUT2D eigenvalue weighted by Crippen LogP contribution is -2.43. The second-order valence-corrected chi connectivity index (χ2v) is 4.05. The molecule has 16 heavy (non-hydrogen) atoms. The number of carboxylic acids is 1. The van der Waals surface area contributed by atoms with Crippen LogP contribution >= 0.6 is 0 Å². The van der Waals surface area contributed by atoms with Gasteiger partial charge in [0.15, 0.2) is 0 Å². The first-order chi connectivity index (χ1) is 7.52. The van der Waals surface area contributed by atoms with E-state index in [1.807, 2.05) is 0 Å². The molecule has 1 rings (SSSR count). The molecule has 0 unspecified atom stereocenters. The third-order valence-corrected chi connectivity index (χ3v) is 2.90. The molecule has 0 radical (unpaired) electrons. The molecule has 0 aromatic rings. The van der Waals surface area contributed by atoms with Gasteiger partial charge in [-0.25, -0.2) is 4.79 Å². The summed E-state index contributed by atoms with van der Waals surface area (Å²) in [6, 6.07) is 0.158. The van der Waals surface area contributed by atoms with Gasteiger partial charge in [0, 0.05) is 17.2 Å². The lowest BCUT2D eigenvalue weighted by molar-refractivity contribution is -0.133. The second-order valence-electron chi connectivity index (χ2n) is 4.05. The van der Waals surface area contributed by atoms with Gasteiger partial charge in [-0.05, 0) is 39.8 Å². The van der Waals surface area contributed by atoms with Gasteiger partial charge in [0.05, 0.1) is 0 Å². The maximum absolute atomic E-state index is 11.7. The predicted molar refractivity (Wildman–Crippen MR) is 60.0 cm³/mol. The van der Waals surface area contributed by atoms with Crippen molar-refractivity contribution in [3.8, 4) is 0 Å². The van der Waals surface area contributed by atoms with E-state index in [4.69, 9.17) is 5.11 Å². The molecule has 1 amide bonds. The molecule has 3 N–H and O–H groups in total. The Balaban J connectivity index is 2.57.